The van der Waals surface area contributed by atoms with Crippen LogP contribution in [0.2, 0.25) is 0 Å². The molecule has 0 fully saturated rings. The van der Waals surface area contributed by atoms with E-state index in [2.05, 4.69) is 15.1 Å². The summed E-state index contributed by atoms with van der Waals surface area (Å²) in [5.74, 6) is 0.141. The van der Waals surface area contributed by atoms with Gasteiger partial charge in [0.2, 0.25) is 10.0 Å². The quantitative estimate of drug-likeness (QED) is 0.717. The first kappa shape index (κ1) is 19.0. The molecule has 0 aliphatic carbocycles. The molecule has 0 saturated heterocycles. The second-order valence-corrected chi connectivity index (χ2v) is 7.92. The molecule has 8 nitrogen and oxygen atoms in total. The predicted octanol–water partition coefficient (Wildman–Crippen LogP) is 1.86. The highest BCUT2D eigenvalue weighted by Crippen LogP contribution is 2.29. The topological polar surface area (TPSA) is 106 Å². The highest BCUT2D eigenvalue weighted by molar-refractivity contribution is 7.89. The van der Waals surface area contributed by atoms with E-state index in [1.54, 1.807) is 6.92 Å². The van der Waals surface area contributed by atoms with E-state index in [4.69, 9.17) is 5.73 Å². The van der Waals surface area contributed by atoms with E-state index in [-0.39, 0.29) is 20.7 Å². The molecular formula is C15H15F3N6O2S. The maximum Gasteiger partial charge on any atom is 0.402 e. The Morgan fingerprint density at radius 2 is 1.96 bits per heavy atom. The molecule has 2 N–H and O–H groups in total. The molecule has 2 aromatic heterocycles. The van der Waals surface area contributed by atoms with Crippen molar-refractivity contribution in [3.05, 3.63) is 36.3 Å². The number of rotatable bonds is 4. The summed E-state index contributed by atoms with van der Waals surface area (Å²) in [6, 6.07) is 4.06. The van der Waals surface area contributed by atoms with Crippen molar-refractivity contribution in [3.8, 4) is 11.3 Å². The van der Waals surface area contributed by atoms with Crippen LogP contribution >= 0.6 is 0 Å². The third-order valence-corrected chi connectivity index (χ3v) is 5.73. The van der Waals surface area contributed by atoms with Crippen LogP contribution in [-0.2, 0) is 10.0 Å². The molecular weight excluding hydrogens is 385 g/mol. The summed E-state index contributed by atoms with van der Waals surface area (Å²) in [5.41, 5.74) is 7.60. The minimum absolute atomic E-state index is 0.141. The molecule has 0 aliphatic rings. The molecule has 3 rings (SSSR count). The molecule has 27 heavy (non-hydrogen) atoms. The minimum Gasteiger partial charge on any atom is -0.381 e. The molecule has 0 atom stereocenters. The number of sulfonamides is 1. The van der Waals surface area contributed by atoms with Crippen LogP contribution in [0.4, 0.5) is 19.0 Å². The summed E-state index contributed by atoms with van der Waals surface area (Å²) in [4.78, 5) is 7.67. The Morgan fingerprint density at radius 1 is 1.26 bits per heavy atom. The molecule has 144 valence electrons. The number of imidazole rings is 1. The van der Waals surface area contributed by atoms with Crippen molar-refractivity contribution in [1.29, 1.82) is 0 Å². The number of nitrogens with zero attached hydrogens (tertiary/aromatic N) is 5. The fraction of sp³-hybridized carbons (Fsp3) is 0.267. The van der Waals surface area contributed by atoms with Crippen molar-refractivity contribution in [2.45, 2.75) is 18.0 Å². The van der Waals surface area contributed by atoms with Crippen molar-refractivity contribution < 1.29 is 21.6 Å². The maximum absolute atomic E-state index is 12.6. The Morgan fingerprint density at radius 3 is 2.63 bits per heavy atom. The average molecular weight is 400 g/mol. The predicted molar refractivity (Wildman–Crippen MR) is 91.2 cm³/mol. The maximum atomic E-state index is 12.6. The Balaban J connectivity index is 2.11. The van der Waals surface area contributed by atoms with Crippen LogP contribution in [0.15, 0.2) is 35.6 Å². The fourth-order valence-electron chi connectivity index (χ4n) is 2.57. The lowest BCUT2D eigenvalue weighted by Gasteiger charge is -2.19. The fourth-order valence-corrected chi connectivity index (χ4v) is 3.76. The van der Waals surface area contributed by atoms with Gasteiger partial charge in [-0.05, 0) is 24.6 Å². The first-order valence-corrected chi connectivity index (χ1v) is 9.03. The smallest absolute Gasteiger partial charge is 0.381 e. The summed E-state index contributed by atoms with van der Waals surface area (Å²) < 4.78 is 64.4. The van der Waals surface area contributed by atoms with Crippen LogP contribution in [-0.4, -0.2) is 52.1 Å². The van der Waals surface area contributed by atoms with Crippen LogP contribution in [0, 0.1) is 6.92 Å². The molecule has 0 unspecified atom stereocenters. The number of halogens is 3. The monoisotopic (exact) mass is 400 g/mol. The zero-order chi connectivity index (χ0) is 20.0. The van der Waals surface area contributed by atoms with Crippen LogP contribution in [0.3, 0.4) is 0 Å². The summed E-state index contributed by atoms with van der Waals surface area (Å²) in [7, 11) is -3.46. The van der Waals surface area contributed by atoms with Gasteiger partial charge in [-0.1, -0.05) is 6.07 Å². The Kier molecular flexibility index (Phi) is 4.56. The number of alkyl halides is 3. The van der Waals surface area contributed by atoms with Crippen LogP contribution in [0.1, 0.15) is 5.56 Å². The zero-order valence-electron chi connectivity index (χ0n) is 14.3. The van der Waals surface area contributed by atoms with E-state index >= 15 is 0 Å². The molecule has 0 radical (unpaired) electrons. The van der Waals surface area contributed by atoms with Crippen molar-refractivity contribution in [3.63, 3.8) is 0 Å². The van der Waals surface area contributed by atoms with Crippen LogP contribution < -0.4 is 5.73 Å². The average Bonchev–Trinajstić information content (AvgIpc) is 2.99. The van der Waals surface area contributed by atoms with Gasteiger partial charge in [0, 0.05) is 12.6 Å². The second-order valence-electron chi connectivity index (χ2n) is 5.88. The van der Waals surface area contributed by atoms with Crippen LogP contribution in [0.5, 0.6) is 0 Å². The lowest BCUT2D eigenvalue weighted by molar-refractivity contribution is -0.134. The number of hydrogen-bond donors (Lipinski definition) is 1. The van der Waals surface area contributed by atoms with Gasteiger partial charge in [0.25, 0.3) is 0 Å². The number of anilines is 1. The van der Waals surface area contributed by atoms with E-state index < -0.39 is 22.7 Å². The summed E-state index contributed by atoms with van der Waals surface area (Å²) in [5, 5.41) is 4.05. The first-order valence-electron chi connectivity index (χ1n) is 7.59. The van der Waals surface area contributed by atoms with E-state index in [1.165, 1.54) is 35.2 Å². The van der Waals surface area contributed by atoms with Crippen molar-refractivity contribution in [1.82, 2.24) is 23.9 Å². The molecule has 1 aromatic carbocycles. The molecule has 2 heterocycles. The van der Waals surface area contributed by atoms with Gasteiger partial charge in [0.05, 0.1) is 16.8 Å². The first-order chi connectivity index (χ1) is 12.5. The van der Waals surface area contributed by atoms with Gasteiger partial charge < -0.3 is 5.73 Å². The number of aromatic nitrogens is 4. The molecule has 0 aliphatic heterocycles. The lowest BCUT2D eigenvalue weighted by Crippen LogP contribution is -2.35. The number of aryl methyl sites for hydroxylation is 1. The minimum atomic E-state index is -4.65. The van der Waals surface area contributed by atoms with Gasteiger partial charge in [-0.15, -0.1) is 0 Å². The Hall–Kier alpha value is -2.73. The molecule has 0 bridgehead atoms. The SMILES string of the molecule is Cc1ccc(S(=O)(=O)N(C)CC(F)(F)F)cc1-c1cnc2c(N)ncnn12. The summed E-state index contributed by atoms with van der Waals surface area (Å²) in [6.45, 7) is 0.146. The van der Waals surface area contributed by atoms with Crippen molar-refractivity contribution >= 4 is 21.5 Å². The Bertz CT molecular complexity index is 1110. The van der Waals surface area contributed by atoms with Gasteiger partial charge in [0.15, 0.2) is 11.5 Å². The molecule has 0 amide bonds. The van der Waals surface area contributed by atoms with Gasteiger partial charge in [-0.25, -0.2) is 22.9 Å². The second kappa shape index (κ2) is 6.46. The molecule has 0 spiro atoms. The molecule has 0 saturated carbocycles. The highest BCUT2D eigenvalue weighted by Gasteiger charge is 2.35. The zero-order valence-corrected chi connectivity index (χ0v) is 15.1. The molecule has 3 aromatic rings. The Labute approximate surface area is 152 Å². The van der Waals surface area contributed by atoms with E-state index in [1.807, 2.05) is 0 Å². The van der Waals surface area contributed by atoms with E-state index in [9.17, 15) is 21.6 Å². The number of benzene rings is 1. The largest absolute Gasteiger partial charge is 0.402 e. The number of nitrogen functional groups attached to an aromatic ring is 1. The van der Waals surface area contributed by atoms with Gasteiger partial charge in [0.1, 0.15) is 12.9 Å². The standard InChI is InChI=1S/C15H15F3N6O2S/c1-9-3-4-10(27(25,26)23(2)7-15(16,17)18)5-11(9)12-6-20-14-13(19)21-8-22-24(12)14/h3-6,8H,7H2,1-2H3,(H2,19,21,22). The van der Waals surface area contributed by atoms with Gasteiger partial charge in [-0.2, -0.15) is 22.6 Å². The number of fused-ring (bicyclic) bond motifs is 1. The summed E-state index contributed by atoms with van der Waals surface area (Å²) >= 11 is 0. The highest BCUT2D eigenvalue weighted by atomic mass is 32.2. The molecule has 12 heteroatoms. The van der Waals surface area contributed by atoms with Gasteiger partial charge in [-0.3, -0.25) is 0 Å². The van der Waals surface area contributed by atoms with E-state index in [0.717, 1.165) is 7.05 Å². The van der Waals surface area contributed by atoms with Crippen molar-refractivity contribution in [2.75, 3.05) is 19.3 Å². The summed E-state index contributed by atoms with van der Waals surface area (Å²) in [6.07, 6.45) is -1.98. The number of nitrogens with two attached hydrogens (primary N) is 1. The van der Waals surface area contributed by atoms with E-state index in [0.29, 0.717) is 16.8 Å². The van der Waals surface area contributed by atoms with Gasteiger partial charge >= 0.3 is 6.18 Å². The van der Waals surface area contributed by atoms with Crippen LogP contribution in [0.25, 0.3) is 16.9 Å². The normalized spacial score (nSPS) is 12.8. The third kappa shape index (κ3) is 3.57. The van der Waals surface area contributed by atoms with Crippen molar-refractivity contribution in [2.24, 2.45) is 0 Å². The third-order valence-electron chi connectivity index (χ3n) is 3.93. The lowest BCUT2D eigenvalue weighted by atomic mass is 10.1. The number of hydrogen-bond acceptors (Lipinski definition) is 6.